The van der Waals surface area contributed by atoms with Gasteiger partial charge in [0.2, 0.25) is 0 Å². The molecule has 0 aliphatic rings. The molecule has 114 valence electrons. The van der Waals surface area contributed by atoms with Crippen molar-refractivity contribution in [3.8, 4) is 0 Å². The first-order valence-electron chi connectivity index (χ1n) is 6.49. The van der Waals surface area contributed by atoms with Crippen LogP contribution in [0.25, 0.3) is 0 Å². The summed E-state index contributed by atoms with van der Waals surface area (Å²) in [6.07, 6.45) is 0.242. The predicted octanol–water partition coefficient (Wildman–Crippen LogP) is 3.48. The summed E-state index contributed by atoms with van der Waals surface area (Å²) in [5, 5.41) is 11.9. The van der Waals surface area contributed by atoms with Crippen molar-refractivity contribution in [2.24, 2.45) is 0 Å². The van der Waals surface area contributed by atoms with E-state index >= 15 is 0 Å². The van der Waals surface area contributed by atoms with Crippen molar-refractivity contribution in [2.45, 2.75) is 12.5 Å². The molecule has 2 rings (SSSR count). The first-order valence-corrected chi connectivity index (χ1v) is 8.36. The van der Waals surface area contributed by atoms with E-state index in [4.69, 9.17) is 0 Å². The van der Waals surface area contributed by atoms with E-state index in [1.165, 1.54) is 0 Å². The highest BCUT2D eigenvalue weighted by Crippen LogP contribution is 2.13. The number of benzene rings is 2. The summed E-state index contributed by atoms with van der Waals surface area (Å²) in [6, 6.07) is 13.4. The highest BCUT2D eigenvalue weighted by molar-refractivity contribution is 14.1. The quantitative estimate of drug-likeness (QED) is 0.653. The van der Waals surface area contributed by atoms with Gasteiger partial charge in [-0.3, -0.25) is 4.79 Å². The lowest BCUT2D eigenvalue weighted by molar-refractivity contribution is -0.139. The van der Waals surface area contributed by atoms with Crippen molar-refractivity contribution in [1.29, 1.82) is 0 Å². The van der Waals surface area contributed by atoms with E-state index in [0.29, 0.717) is 5.56 Å². The fraction of sp³-hybridized carbons (Fsp3) is 0.125. The minimum absolute atomic E-state index is 0.242. The van der Waals surface area contributed by atoms with Gasteiger partial charge in [-0.2, -0.15) is 0 Å². The molecule has 0 aliphatic heterocycles. The van der Waals surface area contributed by atoms with Gasteiger partial charge in [0.15, 0.2) is 0 Å². The maximum atomic E-state index is 12.2. The number of halogens is 2. The number of hydrogen-bond donors (Lipinski definition) is 2. The lowest BCUT2D eigenvalue weighted by Gasteiger charge is -2.15. The van der Waals surface area contributed by atoms with E-state index < -0.39 is 17.9 Å². The van der Waals surface area contributed by atoms with Crippen LogP contribution in [0.1, 0.15) is 15.9 Å². The third kappa shape index (κ3) is 4.81. The number of carboxylic acids is 1. The first-order chi connectivity index (χ1) is 10.5. The van der Waals surface area contributed by atoms with Crippen LogP contribution in [0.4, 0.5) is 0 Å². The molecule has 0 bridgehead atoms. The molecule has 0 saturated heterocycles. The van der Waals surface area contributed by atoms with Gasteiger partial charge >= 0.3 is 5.97 Å². The Balaban J connectivity index is 2.10. The van der Waals surface area contributed by atoms with Crippen molar-refractivity contribution >= 4 is 50.4 Å². The zero-order chi connectivity index (χ0) is 16.1. The third-order valence-corrected chi connectivity index (χ3v) is 4.26. The molecule has 1 amide bonds. The average molecular weight is 474 g/mol. The van der Waals surface area contributed by atoms with Crippen molar-refractivity contribution in [3.05, 3.63) is 67.7 Å². The van der Waals surface area contributed by atoms with Gasteiger partial charge in [-0.15, -0.1) is 0 Å². The van der Waals surface area contributed by atoms with Gasteiger partial charge < -0.3 is 10.4 Å². The minimum Gasteiger partial charge on any atom is -0.480 e. The number of amides is 1. The Hall–Kier alpha value is -1.41. The molecule has 0 fully saturated rings. The normalized spacial score (nSPS) is 11.7. The molecule has 2 aromatic rings. The molecule has 0 aliphatic carbocycles. The van der Waals surface area contributed by atoms with E-state index in [9.17, 15) is 14.7 Å². The van der Waals surface area contributed by atoms with Gasteiger partial charge in [0.1, 0.15) is 6.04 Å². The molecular formula is C16H13BrINO3. The summed E-state index contributed by atoms with van der Waals surface area (Å²) in [5.41, 5.74) is 1.28. The SMILES string of the molecule is O=C(N[C@H](Cc1ccc(I)cc1)C(=O)O)c1cccc(Br)c1. The summed E-state index contributed by atoms with van der Waals surface area (Å²) in [4.78, 5) is 23.5. The van der Waals surface area contributed by atoms with Gasteiger partial charge in [-0.1, -0.05) is 34.1 Å². The van der Waals surface area contributed by atoms with Gasteiger partial charge in [-0.05, 0) is 58.5 Å². The van der Waals surface area contributed by atoms with E-state index in [-0.39, 0.29) is 6.42 Å². The smallest absolute Gasteiger partial charge is 0.326 e. The number of carbonyl (C=O) groups is 2. The molecule has 0 spiro atoms. The molecule has 22 heavy (non-hydrogen) atoms. The summed E-state index contributed by atoms with van der Waals surface area (Å²) in [7, 11) is 0. The number of carbonyl (C=O) groups excluding carboxylic acids is 1. The number of carboxylic acid groups (broad SMARTS) is 1. The van der Waals surface area contributed by atoms with Crippen LogP contribution >= 0.6 is 38.5 Å². The maximum absolute atomic E-state index is 12.2. The topological polar surface area (TPSA) is 66.4 Å². The maximum Gasteiger partial charge on any atom is 0.326 e. The van der Waals surface area contributed by atoms with Crippen LogP contribution < -0.4 is 5.32 Å². The Morgan fingerprint density at radius 3 is 2.45 bits per heavy atom. The fourth-order valence-electron chi connectivity index (χ4n) is 1.93. The lowest BCUT2D eigenvalue weighted by atomic mass is 10.1. The molecule has 4 nitrogen and oxygen atoms in total. The van der Waals surface area contributed by atoms with Gasteiger partial charge in [0.05, 0.1) is 0 Å². The molecule has 0 heterocycles. The Bertz CT molecular complexity index is 688. The molecule has 2 aromatic carbocycles. The molecule has 1 atom stereocenters. The Morgan fingerprint density at radius 2 is 1.86 bits per heavy atom. The van der Waals surface area contributed by atoms with Gasteiger partial charge in [-0.25, -0.2) is 4.79 Å². The van der Waals surface area contributed by atoms with Crippen LogP contribution in [0.3, 0.4) is 0 Å². The Labute approximate surface area is 150 Å². The number of aliphatic carboxylic acids is 1. The molecule has 0 saturated carbocycles. The standard InChI is InChI=1S/C16H13BrINO3/c17-12-3-1-2-11(9-12)15(20)19-14(16(21)22)8-10-4-6-13(18)7-5-10/h1-7,9,14H,8H2,(H,19,20)(H,21,22)/t14-/m1/s1. The average Bonchev–Trinajstić information content (AvgIpc) is 2.48. The van der Waals surface area contributed by atoms with Crippen molar-refractivity contribution in [2.75, 3.05) is 0 Å². The summed E-state index contributed by atoms with van der Waals surface area (Å²) in [5.74, 6) is -1.46. The van der Waals surface area contributed by atoms with E-state index in [1.807, 2.05) is 24.3 Å². The summed E-state index contributed by atoms with van der Waals surface area (Å²) >= 11 is 5.47. The molecule has 0 unspecified atom stereocenters. The van der Waals surface area contributed by atoms with Crippen LogP contribution in [0.15, 0.2) is 53.0 Å². The van der Waals surface area contributed by atoms with E-state index in [1.54, 1.807) is 24.3 Å². The Morgan fingerprint density at radius 1 is 1.18 bits per heavy atom. The zero-order valence-electron chi connectivity index (χ0n) is 11.4. The monoisotopic (exact) mass is 473 g/mol. The zero-order valence-corrected chi connectivity index (χ0v) is 15.2. The van der Waals surface area contributed by atoms with Crippen LogP contribution in [0.2, 0.25) is 0 Å². The van der Waals surface area contributed by atoms with Crippen molar-refractivity contribution in [1.82, 2.24) is 5.32 Å². The Kier molecular flexibility index (Phi) is 5.96. The molecule has 2 N–H and O–H groups in total. The largest absolute Gasteiger partial charge is 0.480 e. The first kappa shape index (κ1) is 17.0. The van der Waals surface area contributed by atoms with E-state index in [2.05, 4.69) is 43.8 Å². The second-order valence-corrected chi connectivity index (χ2v) is 6.87. The van der Waals surface area contributed by atoms with Crippen molar-refractivity contribution < 1.29 is 14.7 Å². The number of hydrogen-bond acceptors (Lipinski definition) is 2. The van der Waals surface area contributed by atoms with Crippen LogP contribution in [0.5, 0.6) is 0 Å². The summed E-state index contributed by atoms with van der Waals surface area (Å²) < 4.78 is 1.84. The molecular weight excluding hydrogens is 461 g/mol. The molecule has 0 radical (unpaired) electrons. The van der Waals surface area contributed by atoms with Gasteiger partial charge in [0, 0.05) is 20.0 Å². The van der Waals surface area contributed by atoms with Crippen LogP contribution in [-0.2, 0) is 11.2 Å². The fourth-order valence-corrected chi connectivity index (χ4v) is 2.69. The molecule has 0 aromatic heterocycles. The highest BCUT2D eigenvalue weighted by Gasteiger charge is 2.21. The third-order valence-electron chi connectivity index (χ3n) is 3.04. The highest BCUT2D eigenvalue weighted by atomic mass is 127. The second kappa shape index (κ2) is 7.73. The number of rotatable bonds is 5. The predicted molar refractivity (Wildman–Crippen MR) is 95.9 cm³/mol. The van der Waals surface area contributed by atoms with Crippen LogP contribution in [0, 0.1) is 3.57 Å². The lowest BCUT2D eigenvalue weighted by Crippen LogP contribution is -2.42. The van der Waals surface area contributed by atoms with Crippen molar-refractivity contribution in [3.63, 3.8) is 0 Å². The van der Waals surface area contributed by atoms with E-state index in [0.717, 1.165) is 13.6 Å². The van der Waals surface area contributed by atoms with Crippen LogP contribution in [-0.4, -0.2) is 23.0 Å². The van der Waals surface area contributed by atoms with Gasteiger partial charge in [0.25, 0.3) is 5.91 Å². The number of nitrogens with one attached hydrogen (secondary N) is 1. The minimum atomic E-state index is -1.05. The molecule has 6 heteroatoms. The summed E-state index contributed by atoms with van der Waals surface area (Å²) in [6.45, 7) is 0. The second-order valence-electron chi connectivity index (χ2n) is 4.71.